The lowest BCUT2D eigenvalue weighted by Crippen LogP contribution is -2.24. The smallest absolute Gasteiger partial charge is 0.251 e. The predicted molar refractivity (Wildman–Crippen MR) is 112 cm³/mol. The first-order valence-corrected chi connectivity index (χ1v) is 9.96. The van der Waals surface area contributed by atoms with Crippen LogP contribution in [0.1, 0.15) is 50.0 Å². The van der Waals surface area contributed by atoms with Crippen molar-refractivity contribution in [2.75, 3.05) is 19.8 Å². The second kappa shape index (κ2) is 11.2. The van der Waals surface area contributed by atoms with Gasteiger partial charge in [0.2, 0.25) is 0 Å². The zero-order valence-corrected chi connectivity index (χ0v) is 17.3. The van der Waals surface area contributed by atoms with Crippen molar-refractivity contribution in [3.8, 4) is 17.2 Å². The van der Waals surface area contributed by atoms with Gasteiger partial charge in [0.25, 0.3) is 5.91 Å². The molecule has 0 atom stereocenters. The number of hydrogen-bond acceptors (Lipinski definition) is 4. The van der Waals surface area contributed by atoms with Crippen LogP contribution in [0.2, 0.25) is 0 Å². The van der Waals surface area contributed by atoms with Crippen LogP contribution in [0, 0.1) is 0 Å². The van der Waals surface area contributed by atoms with Crippen molar-refractivity contribution >= 4 is 5.91 Å². The second-order valence-corrected chi connectivity index (χ2v) is 6.70. The molecule has 152 valence electrons. The first-order chi connectivity index (χ1) is 13.5. The highest BCUT2D eigenvalue weighted by atomic mass is 16.5. The van der Waals surface area contributed by atoms with Crippen LogP contribution in [0.4, 0.5) is 0 Å². The monoisotopic (exact) mass is 385 g/mol. The first kappa shape index (κ1) is 21.6. The average Bonchev–Trinajstić information content (AvgIpc) is 2.67. The molecule has 5 nitrogen and oxygen atoms in total. The van der Waals surface area contributed by atoms with E-state index in [-0.39, 0.29) is 12.0 Å². The van der Waals surface area contributed by atoms with Gasteiger partial charge in [-0.3, -0.25) is 4.79 Å². The number of benzene rings is 2. The minimum atomic E-state index is -0.107. The number of carbonyl (C=O) groups is 1. The molecule has 0 fully saturated rings. The molecule has 0 aliphatic heterocycles. The summed E-state index contributed by atoms with van der Waals surface area (Å²) in [6.07, 6.45) is 1.94. The first-order valence-electron chi connectivity index (χ1n) is 9.96. The Morgan fingerprint density at radius 3 is 2.29 bits per heavy atom. The van der Waals surface area contributed by atoms with E-state index in [0.717, 1.165) is 18.6 Å². The predicted octanol–water partition coefficient (Wildman–Crippen LogP) is 4.63. The van der Waals surface area contributed by atoms with E-state index >= 15 is 0 Å². The number of amides is 1. The average molecular weight is 386 g/mol. The molecule has 28 heavy (non-hydrogen) atoms. The molecule has 0 heterocycles. The van der Waals surface area contributed by atoms with Crippen LogP contribution in [0.3, 0.4) is 0 Å². The largest absolute Gasteiger partial charge is 0.491 e. The van der Waals surface area contributed by atoms with Crippen molar-refractivity contribution in [2.24, 2.45) is 0 Å². The summed E-state index contributed by atoms with van der Waals surface area (Å²) in [6, 6.07) is 13.4. The summed E-state index contributed by atoms with van der Waals surface area (Å²) in [5, 5.41) is 2.97. The zero-order chi connectivity index (χ0) is 20.4. The van der Waals surface area contributed by atoms with Crippen LogP contribution in [0.15, 0.2) is 42.5 Å². The third-order valence-corrected chi connectivity index (χ3v) is 4.03. The third-order valence-electron chi connectivity index (χ3n) is 4.03. The quantitative estimate of drug-likeness (QED) is 0.573. The topological polar surface area (TPSA) is 56.8 Å². The summed E-state index contributed by atoms with van der Waals surface area (Å²) in [6.45, 7) is 9.53. The molecule has 0 radical (unpaired) electrons. The number of aryl methyl sites for hydroxylation is 1. The van der Waals surface area contributed by atoms with Crippen LogP contribution >= 0.6 is 0 Å². The molecule has 5 heteroatoms. The number of carbonyl (C=O) groups excluding carboxylic acids is 1. The highest BCUT2D eigenvalue weighted by Gasteiger charge is 2.11. The Labute approximate surface area is 168 Å². The van der Waals surface area contributed by atoms with E-state index in [2.05, 4.69) is 17.4 Å². The molecule has 0 saturated heterocycles. The fourth-order valence-electron chi connectivity index (χ4n) is 2.80. The molecule has 0 spiro atoms. The fraction of sp³-hybridized carbons (Fsp3) is 0.435. The molecule has 0 aliphatic rings. The molecule has 1 N–H and O–H groups in total. The summed E-state index contributed by atoms with van der Waals surface area (Å²) in [5.41, 5.74) is 1.80. The van der Waals surface area contributed by atoms with Crippen molar-refractivity contribution in [2.45, 2.75) is 46.6 Å². The van der Waals surface area contributed by atoms with Crippen LogP contribution in [-0.2, 0) is 6.42 Å². The molecule has 0 aliphatic carbocycles. The van der Waals surface area contributed by atoms with Crippen LogP contribution in [-0.4, -0.2) is 31.8 Å². The third kappa shape index (κ3) is 6.80. The van der Waals surface area contributed by atoms with Gasteiger partial charge in [-0.15, -0.1) is 0 Å². The minimum Gasteiger partial charge on any atom is -0.491 e. The normalized spacial score (nSPS) is 10.6. The number of rotatable bonds is 11. The van der Waals surface area contributed by atoms with E-state index in [1.54, 1.807) is 18.2 Å². The van der Waals surface area contributed by atoms with Gasteiger partial charge >= 0.3 is 0 Å². The maximum absolute atomic E-state index is 12.4. The number of hydrogen-bond donors (Lipinski definition) is 1. The Morgan fingerprint density at radius 1 is 0.964 bits per heavy atom. The standard InChI is InChI=1S/C23H31NO4/c1-5-26-21-14-11-19(16-22(21)27-6-2)23(25)24-15-7-8-18-9-12-20(13-10-18)28-17(3)4/h9-14,16-17H,5-8,15H2,1-4H3,(H,24,25). The highest BCUT2D eigenvalue weighted by molar-refractivity contribution is 5.94. The molecular weight excluding hydrogens is 354 g/mol. The number of ether oxygens (including phenoxy) is 3. The number of nitrogens with one attached hydrogen (secondary N) is 1. The van der Waals surface area contributed by atoms with Crippen LogP contribution < -0.4 is 19.5 Å². The molecule has 0 aromatic heterocycles. The Hall–Kier alpha value is -2.69. The van der Waals surface area contributed by atoms with Gasteiger partial charge in [-0.1, -0.05) is 12.1 Å². The van der Waals surface area contributed by atoms with E-state index in [1.165, 1.54) is 5.56 Å². The molecule has 2 aromatic carbocycles. The van der Waals surface area contributed by atoms with Crippen molar-refractivity contribution < 1.29 is 19.0 Å². The van der Waals surface area contributed by atoms with Gasteiger partial charge in [-0.2, -0.15) is 0 Å². The van der Waals surface area contributed by atoms with Crippen molar-refractivity contribution in [1.29, 1.82) is 0 Å². The SMILES string of the molecule is CCOc1ccc(C(=O)NCCCc2ccc(OC(C)C)cc2)cc1OCC. The van der Waals surface area contributed by atoms with Gasteiger partial charge in [0, 0.05) is 12.1 Å². The van der Waals surface area contributed by atoms with Gasteiger partial charge in [0.1, 0.15) is 5.75 Å². The van der Waals surface area contributed by atoms with E-state index in [9.17, 15) is 4.79 Å². The summed E-state index contributed by atoms with van der Waals surface area (Å²) in [5.74, 6) is 2.03. The summed E-state index contributed by atoms with van der Waals surface area (Å²) < 4.78 is 16.8. The minimum absolute atomic E-state index is 0.107. The van der Waals surface area contributed by atoms with Gasteiger partial charge in [0.15, 0.2) is 11.5 Å². The molecule has 2 rings (SSSR count). The van der Waals surface area contributed by atoms with Gasteiger partial charge in [-0.05, 0) is 76.4 Å². The van der Waals surface area contributed by atoms with E-state index < -0.39 is 0 Å². The summed E-state index contributed by atoms with van der Waals surface area (Å²) in [4.78, 5) is 12.4. The van der Waals surface area contributed by atoms with Crippen molar-refractivity contribution in [3.05, 3.63) is 53.6 Å². The van der Waals surface area contributed by atoms with Gasteiger partial charge in [0.05, 0.1) is 19.3 Å². The molecule has 1 amide bonds. The Balaban J connectivity index is 1.82. The lowest BCUT2D eigenvalue weighted by molar-refractivity contribution is 0.0952. The fourth-order valence-corrected chi connectivity index (χ4v) is 2.80. The molecule has 0 bridgehead atoms. The maximum Gasteiger partial charge on any atom is 0.251 e. The van der Waals surface area contributed by atoms with Crippen LogP contribution in [0.25, 0.3) is 0 Å². The van der Waals surface area contributed by atoms with Gasteiger partial charge < -0.3 is 19.5 Å². The summed E-state index contributed by atoms with van der Waals surface area (Å²) >= 11 is 0. The molecular formula is C23H31NO4. The lowest BCUT2D eigenvalue weighted by atomic mass is 10.1. The molecule has 2 aromatic rings. The second-order valence-electron chi connectivity index (χ2n) is 6.70. The Kier molecular flexibility index (Phi) is 8.66. The Bertz CT molecular complexity index is 741. The van der Waals surface area contributed by atoms with E-state index in [0.29, 0.717) is 36.8 Å². The lowest BCUT2D eigenvalue weighted by Gasteiger charge is -2.12. The molecule has 0 unspecified atom stereocenters. The molecule has 0 saturated carbocycles. The van der Waals surface area contributed by atoms with Crippen LogP contribution in [0.5, 0.6) is 17.2 Å². The summed E-state index contributed by atoms with van der Waals surface area (Å²) in [7, 11) is 0. The van der Waals surface area contributed by atoms with E-state index in [4.69, 9.17) is 14.2 Å². The zero-order valence-electron chi connectivity index (χ0n) is 17.3. The highest BCUT2D eigenvalue weighted by Crippen LogP contribution is 2.28. The maximum atomic E-state index is 12.4. The van der Waals surface area contributed by atoms with Crippen molar-refractivity contribution in [3.63, 3.8) is 0 Å². The van der Waals surface area contributed by atoms with Gasteiger partial charge in [-0.25, -0.2) is 0 Å². The Morgan fingerprint density at radius 2 is 1.64 bits per heavy atom. The van der Waals surface area contributed by atoms with Crippen molar-refractivity contribution in [1.82, 2.24) is 5.32 Å². The van der Waals surface area contributed by atoms with E-state index in [1.807, 2.05) is 39.8 Å².